The van der Waals surface area contributed by atoms with Gasteiger partial charge in [0.15, 0.2) is 11.9 Å². The van der Waals surface area contributed by atoms with Crippen LogP contribution in [0.4, 0.5) is 5.82 Å². The summed E-state index contributed by atoms with van der Waals surface area (Å²) in [5, 5.41) is 5.76. The molecular formula is C19H20N4O3. The normalized spacial score (nSPS) is 17.5. The number of aryl methyl sites for hydroxylation is 1. The molecular weight excluding hydrogens is 332 g/mol. The molecule has 1 aromatic carbocycles. The molecule has 7 heteroatoms. The van der Waals surface area contributed by atoms with Crippen LogP contribution in [0, 0.1) is 6.92 Å². The van der Waals surface area contributed by atoms with E-state index < -0.39 is 6.04 Å². The van der Waals surface area contributed by atoms with E-state index >= 15 is 0 Å². The van der Waals surface area contributed by atoms with Crippen molar-refractivity contribution in [3.05, 3.63) is 48.3 Å². The van der Waals surface area contributed by atoms with Gasteiger partial charge in [-0.15, -0.1) is 5.10 Å². The van der Waals surface area contributed by atoms with E-state index in [0.29, 0.717) is 13.2 Å². The van der Waals surface area contributed by atoms with Crippen LogP contribution in [0.3, 0.4) is 0 Å². The summed E-state index contributed by atoms with van der Waals surface area (Å²) >= 11 is 0. The van der Waals surface area contributed by atoms with Gasteiger partial charge in [-0.25, -0.2) is 9.48 Å². The highest BCUT2D eigenvalue weighted by atomic mass is 16.5. The molecule has 0 radical (unpaired) electrons. The van der Waals surface area contributed by atoms with Crippen LogP contribution in [0.15, 0.2) is 42.7 Å². The van der Waals surface area contributed by atoms with Gasteiger partial charge in [0, 0.05) is 18.1 Å². The fraction of sp³-hybridized carbons (Fsp3) is 0.316. The van der Waals surface area contributed by atoms with Crippen molar-refractivity contribution in [3.63, 3.8) is 0 Å². The van der Waals surface area contributed by atoms with Gasteiger partial charge in [-0.2, -0.15) is 0 Å². The number of rotatable bonds is 3. The molecule has 1 saturated heterocycles. The Bertz CT molecular complexity index is 936. The van der Waals surface area contributed by atoms with Crippen molar-refractivity contribution in [3.8, 4) is 5.69 Å². The van der Waals surface area contributed by atoms with Gasteiger partial charge in [0.1, 0.15) is 0 Å². The van der Waals surface area contributed by atoms with Crippen molar-refractivity contribution in [2.75, 3.05) is 31.8 Å². The Hall–Kier alpha value is -2.93. The molecule has 1 unspecified atom stereocenters. The van der Waals surface area contributed by atoms with Gasteiger partial charge in [-0.05, 0) is 25.1 Å². The Balaban J connectivity index is 1.85. The number of carbonyl (C=O) groups excluding carboxylic acids is 1. The van der Waals surface area contributed by atoms with Crippen LogP contribution >= 0.6 is 0 Å². The lowest BCUT2D eigenvalue weighted by atomic mass is 10.2. The minimum absolute atomic E-state index is 0.288. The van der Waals surface area contributed by atoms with Crippen molar-refractivity contribution in [1.82, 2.24) is 14.8 Å². The number of methoxy groups -OCH3 is 1. The Labute approximate surface area is 151 Å². The predicted molar refractivity (Wildman–Crippen MR) is 97.6 cm³/mol. The van der Waals surface area contributed by atoms with E-state index in [2.05, 4.69) is 4.98 Å². The minimum Gasteiger partial charge on any atom is -0.467 e. The van der Waals surface area contributed by atoms with Gasteiger partial charge in [-0.1, -0.05) is 17.7 Å². The summed E-state index contributed by atoms with van der Waals surface area (Å²) in [5.41, 5.74) is 3.02. The molecule has 1 fully saturated rings. The standard InChI is InChI=1S/C19H20N4O3/c1-13-3-5-14(6-4-13)23-16-11-20-8-7-15(16)18(21-23)22-9-10-26-12-17(22)19(24)25-2/h3-8,11,17H,9-10,12H2,1-2H3. The molecule has 0 aliphatic carbocycles. The number of hydrogen-bond acceptors (Lipinski definition) is 6. The molecule has 1 atom stereocenters. The van der Waals surface area contributed by atoms with Crippen LogP contribution in [-0.2, 0) is 14.3 Å². The Morgan fingerprint density at radius 1 is 1.27 bits per heavy atom. The first-order valence-corrected chi connectivity index (χ1v) is 8.51. The average molecular weight is 352 g/mol. The highest BCUT2D eigenvalue weighted by Crippen LogP contribution is 2.30. The molecule has 3 heterocycles. The lowest BCUT2D eigenvalue weighted by Crippen LogP contribution is -2.50. The molecule has 0 bridgehead atoms. The number of anilines is 1. The first-order chi connectivity index (χ1) is 12.7. The lowest BCUT2D eigenvalue weighted by molar-refractivity contribution is -0.144. The van der Waals surface area contributed by atoms with Crippen molar-refractivity contribution < 1.29 is 14.3 Å². The van der Waals surface area contributed by atoms with Gasteiger partial charge >= 0.3 is 5.97 Å². The average Bonchev–Trinajstić information content (AvgIpc) is 3.07. The number of carbonyl (C=O) groups is 1. The molecule has 134 valence electrons. The minimum atomic E-state index is -0.508. The second-order valence-electron chi connectivity index (χ2n) is 6.27. The zero-order valence-corrected chi connectivity index (χ0v) is 14.8. The molecule has 0 saturated carbocycles. The smallest absolute Gasteiger partial charge is 0.330 e. The van der Waals surface area contributed by atoms with Gasteiger partial charge in [0.05, 0.1) is 37.7 Å². The molecule has 26 heavy (non-hydrogen) atoms. The summed E-state index contributed by atoms with van der Waals surface area (Å²) in [6.45, 7) is 3.45. The highest BCUT2D eigenvalue weighted by Gasteiger charge is 2.33. The van der Waals surface area contributed by atoms with E-state index in [4.69, 9.17) is 14.6 Å². The van der Waals surface area contributed by atoms with E-state index in [0.717, 1.165) is 22.4 Å². The van der Waals surface area contributed by atoms with Gasteiger partial charge in [0.2, 0.25) is 0 Å². The van der Waals surface area contributed by atoms with Crippen LogP contribution in [0.1, 0.15) is 5.56 Å². The first kappa shape index (κ1) is 16.5. The summed E-state index contributed by atoms with van der Waals surface area (Å²) < 4.78 is 12.3. The van der Waals surface area contributed by atoms with Crippen molar-refractivity contribution in [1.29, 1.82) is 0 Å². The van der Waals surface area contributed by atoms with Gasteiger partial charge in [-0.3, -0.25) is 4.98 Å². The molecule has 4 rings (SSSR count). The number of hydrogen-bond donors (Lipinski definition) is 0. The summed E-state index contributed by atoms with van der Waals surface area (Å²) in [5.74, 6) is 0.415. The largest absolute Gasteiger partial charge is 0.467 e. The van der Waals surface area contributed by atoms with Crippen LogP contribution in [0.25, 0.3) is 16.6 Å². The van der Waals surface area contributed by atoms with Crippen LogP contribution in [0.5, 0.6) is 0 Å². The zero-order valence-electron chi connectivity index (χ0n) is 14.8. The fourth-order valence-electron chi connectivity index (χ4n) is 3.23. The SMILES string of the molecule is COC(=O)C1COCCN1c1nn(-c2ccc(C)cc2)c2cnccc12. The summed E-state index contributed by atoms with van der Waals surface area (Å²) in [7, 11) is 1.39. The second kappa shape index (κ2) is 6.76. The monoisotopic (exact) mass is 352 g/mol. The fourth-order valence-corrected chi connectivity index (χ4v) is 3.23. The van der Waals surface area contributed by atoms with Crippen molar-refractivity contribution in [2.24, 2.45) is 0 Å². The maximum atomic E-state index is 12.2. The third-order valence-electron chi connectivity index (χ3n) is 4.62. The van der Waals surface area contributed by atoms with Crippen molar-refractivity contribution in [2.45, 2.75) is 13.0 Å². The van der Waals surface area contributed by atoms with E-state index in [9.17, 15) is 4.79 Å². The third-order valence-corrected chi connectivity index (χ3v) is 4.62. The van der Waals surface area contributed by atoms with Crippen LogP contribution < -0.4 is 4.90 Å². The van der Waals surface area contributed by atoms with Crippen LogP contribution in [-0.4, -0.2) is 53.6 Å². The first-order valence-electron chi connectivity index (χ1n) is 8.51. The van der Waals surface area contributed by atoms with Crippen molar-refractivity contribution >= 4 is 22.7 Å². The predicted octanol–water partition coefficient (Wildman–Crippen LogP) is 2.11. The number of aromatic nitrogens is 3. The second-order valence-corrected chi connectivity index (χ2v) is 6.27. The molecule has 0 spiro atoms. The Morgan fingerprint density at radius 2 is 2.08 bits per heavy atom. The summed E-state index contributed by atoms with van der Waals surface area (Å²) in [6.07, 6.45) is 3.53. The zero-order chi connectivity index (χ0) is 18.1. The molecule has 0 amide bonds. The molecule has 3 aromatic rings. The third kappa shape index (κ3) is 2.80. The Morgan fingerprint density at radius 3 is 2.85 bits per heavy atom. The van der Waals surface area contributed by atoms with E-state index in [1.807, 2.05) is 46.8 Å². The molecule has 0 N–H and O–H groups in total. The number of esters is 1. The molecule has 1 aliphatic rings. The summed E-state index contributed by atoms with van der Waals surface area (Å²) in [6, 6.07) is 9.55. The van der Waals surface area contributed by atoms with Gasteiger partial charge in [0.25, 0.3) is 0 Å². The number of fused-ring (bicyclic) bond motifs is 1. The number of ether oxygens (including phenoxy) is 2. The Kier molecular flexibility index (Phi) is 4.30. The number of nitrogens with zero attached hydrogens (tertiary/aromatic N) is 4. The van der Waals surface area contributed by atoms with E-state index in [1.165, 1.54) is 12.7 Å². The molecule has 1 aliphatic heterocycles. The molecule has 2 aromatic heterocycles. The number of pyridine rings is 1. The number of benzene rings is 1. The van der Waals surface area contributed by atoms with E-state index in [1.54, 1.807) is 12.4 Å². The van der Waals surface area contributed by atoms with Crippen LogP contribution in [0.2, 0.25) is 0 Å². The maximum Gasteiger partial charge on any atom is 0.330 e. The maximum absolute atomic E-state index is 12.2. The number of morpholine rings is 1. The quantitative estimate of drug-likeness (QED) is 0.673. The molecule has 7 nitrogen and oxygen atoms in total. The topological polar surface area (TPSA) is 69.5 Å². The summed E-state index contributed by atoms with van der Waals surface area (Å²) in [4.78, 5) is 18.4. The lowest BCUT2D eigenvalue weighted by Gasteiger charge is -2.33. The van der Waals surface area contributed by atoms with Gasteiger partial charge < -0.3 is 14.4 Å². The highest BCUT2D eigenvalue weighted by molar-refractivity contribution is 5.93. The van der Waals surface area contributed by atoms with E-state index in [-0.39, 0.29) is 12.6 Å².